The van der Waals surface area contributed by atoms with Crippen molar-refractivity contribution >= 4 is 0 Å². The van der Waals surface area contributed by atoms with E-state index in [0.717, 1.165) is 24.9 Å². The molecule has 0 atom stereocenters. The van der Waals surface area contributed by atoms with Crippen molar-refractivity contribution in [1.29, 1.82) is 0 Å². The van der Waals surface area contributed by atoms with Gasteiger partial charge in [0, 0.05) is 6.54 Å². The average Bonchev–Trinajstić information content (AvgIpc) is 2.18. The molecule has 1 aliphatic carbocycles. The summed E-state index contributed by atoms with van der Waals surface area (Å²) in [6.07, 6.45) is 8.16. The van der Waals surface area contributed by atoms with E-state index >= 15 is 0 Å². The SMILES string of the molecule is CCNC/C(C)=C/C1CCC(C)CC1. The molecule has 14 heavy (non-hydrogen) atoms. The molecule has 0 spiro atoms. The lowest BCUT2D eigenvalue weighted by Gasteiger charge is -2.24. The van der Waals surface area contributed by atoms with E-state index in [1.165, 1.54) is 31.3 Å². The van der Waals surface area contributed by atoms with E-state index in [2.05, 4.69) is 32.2 Å². The Hall–Kier alpha value is -0.300. The summed E-state index contributed by atoms with van der Waals surface area (Å²) in [6, 6.07) is 0. The van der Waals surface area contributed by atoms with Crippen LogP contribution in [0.1, 0.15) is 46.5 Å². The van der Waals surface area contributed by atoms with E-state index < -0.39 is 0 Å². The van der Waals surface area contributed by atoms with Crippen molar-refractivity contribution in [3.8, 4) is 0 Å². The molecule has 0 heterocycles. The summed E-state index contributed by atoms with van der Waals surface area (Å²) in [5.74, 6) is 1.83. The topological polar surface area (TPSA) is 12.0 Å². The Bertz CT molecular complexity index is 176. The summed E-state index contributed by atoms with van der Waals surface area (Å²) in [5.41, 5.74) is 1.52. The van der Waals surface area contributed by atoms with Crippen molar-refractivity contribution in [2.45, 2.75) is 46.5 Å². The fourth-order valence-electron chi connectivity index (χ4n) is 2.24. The molecule has 1 nitrogen and oxygen atoms in total. The van der Waals surface area contributed by atoms with Crippen molar-refractivity contribution in [2.75, 3.05) is 13.1 Å². The monoisotopic (exact) mass is 195 g/mol. The van der Waals surface area contributed by atoms with Gasteiger partial charge in [-0.25, -0.2) is 0 Å². The van der Waals surface area contributed by atoms with E-state index in [4.69, 9.17) is 0 Å². The molecule has 0 saturated heterocycles. The zero-order valence-electron chi connectivity index (χ0n) is 9.97. The van der Waals surface area contributed by atoms with Crippen molar-refractivity contribution in [1.82, 2.24) is 5.32 Å². The summed E-state index contributed by atoms with van der Waals surface area (Å²) in [4.78, 5) is 0. The minimum atomic E-state index is 0.866. The quantitative estimate of drug-likeness (QED) is 0.678. The van der Waals surface area contributed by atoms with Gasteiger partial charge in [-0.3, -0.25) is 0 Å². The number of allylic oxidation sites excluding steroid dienone is 1. The van der Waals surface area contributed by atoms with Crippen LogP contribution in [0.5, 0.6) is 0 Å². The summed E-state index contributed by atoms with van der Waals surface area (Å²) >= 11 is 0. The van der Waals surface area contributed by atoms with E-state index in [1.807, 2.05) is 0 Å². The lowest BCUT2D eigenvalue weighted by molar-refractivity contribution is 0.329. The van der Waals surface area contributed by atoms with Gasteiger partial charge >= 0.3 is 0 Å². The van der Waals surface area contributed by atoms with Crippen LogP contribution in [0.4, 0.5) is 0 Å². The normalized spacial score (nSPS) is 29.2. The third kappa shape index (κ3) is 4.28. The Kier molecular flexibility index (Phi) is 5.24. The maximum absolute atomic E-state index is 3.38. The standard InChI is InChI=1S/C13H25N/c1-4-14-10-12(3)9-13-7-5-11(2)6-8-13/h9,11,13-14H,4-8,10H2,1-3H3/b12-9+. The molecule has 0 aromatic carbocycles. The van der Waals surface area contributed by atoms with Crippen LogP contribution in [0.15, 0.2) is 11.6 Å². The van der Waals surface area contributed by atoms with Gasteiger partial charge in [0.05, 0.1) is 0 Å². The maximum Gasteiger partial charge on any atom is 0.0161 e. The molecular formula is C13H25N. The van der Waals surface area contributed by atoms with Crippen molar-refractivity contribution in [3.05, 3.63) is 11.6 Å². The van der Waals surface area contributed by atoms with Crippen LogP contribution in [0, 0.1) is 11.8 Å². The van der Waals surface area contributed by atoms with E-state index in [9.17, 15) is 0 Å². The molecule has 0 radical (unpaired) electrons. The minimum absolute atomic E-state index is 0.866. The fraction of sp³-hybridized carbons (Fsp3) is 0.846. The number of rotatable bonds is 4. The molecule has 0 aromatic rings. The zero-order chi connectivity index (χ0) is 10.4. The molecule has 1 N–H and O–H groups in total. The molecule has 1 heteroatoms. The van der Waals surface area contributed by atoms with Gasteiger partial charge in [-0.1, -0.05) is 38.3 Å². The Morgan fingerprint density at radius 3 is 2.50 bits per heavy atom. The number of hydrogen-bond donors (Lipinski definition) is 1. The van der Waals surface area contributed by atoms with E-state index in [-0.39, 0.29) is 0 Å². The third-order valence-corrected chi connectivity index (χ3v) is 3.23. The molecule has 1 fully saturated rings. The van der Waals surface area contributed by atoms with Gasteiger partial charge in [0.25, 0.3) is 0 Å². The molecule has 0 unspecified atom stereocenters. The van der Waals surface area contributed by atoms with Crippen molar-refractivity contribution in [3.63, 3.8) is 0 Å². The van der Waals surface area contributed by atoms with Crippen molar-refractivity contribution in [2.24, 2.45) is 11.8 Å². The molecule has 82 valence electrons. The highest BCUT2D eigenvalue weighted by molar-refractivity contribution is 5.03. The van der Waals surface area contributed by atoms with Crippen LogP contribution >= 0.6 is 0 Å². The smallest absolute Gasteiger partial charge is 0.0161 e. The van der Waals surface area contributed by atoms with Crippen LogP contribution in [-0.4, -0.2) is 13.1 Å². The predicted octanol–water partition coefficient (Wildman–Crippen LogP) is 3.37. The van der Waals surface area contributed by atoms with Gasteiger partial charge in [-0.2, -0.15) is 0 Å². The summed E-state index contributed by atoms with van der Waals surface area (Å²) < 4.78 is 0. The Morgan fingerprint density at radius 2 is 1.93 bits per heavy atom. The largest absolute Gasteiger partial charge is 0.313 e. The summed E-state index contributed by atoms with van der Waals surface area (Å²) in [7, 11) is 0. The third-order valence-electron chi connectivity index (χ3n) is 3.23. The number of hydrogen-bond acceptors (Lipinski definition) is 1. The molecule has 1 rings (SSSR count). The van der Waals surface area contributed by atoms with Crippen LogP contribution in [0.2, 0.25) is 0 Å². The Labute approximate surface area is 89.0 Å². The predicted molar refractivity (Wildman–Crippen MR) is 63.4 cm³/mol. The first-order chi connectivity index (χ1) is 6.72. The van der Waals surface area contributed by atoms with Crippen LogP contribution in [-0.2, 0) is 0 Å². The van der Waals surface area contributed by atoms with Gasteiger partial charge in [0.1, 0.15) is 0 Å². The lowest BCUT2D eigenvalue weighted by atomic mass is 9.82. The highest BCUT2D eigenvalue weighted by Crippen LogP contribution is 2.29. The van der Waals surface area contributed by atoms with Crippen LogP contribution in [0.25, 0.3) is 0 Å². The van der Waals surface area contributed by atoms with E-state index in [0.29, 0.717) is 0 Å². The molecular weight excluding hydrogens is 170 g/mol. The van der Waals surface area contributed by atoms with E-state index in [1.54, 1.807) is 0 Å². The Morgan fingerprint density at radius 1 is 1.29 bits per heavy atom. The first-order valence-corrected chi connectivity index (χ1v) is 6.10. The molecule has 0 amide bonds. The van der Waals surface area contributed by atoms with Crippen LogP contribution < -0.4 is 5.32 Å². The lowest BCUT2D eigenvalue weighted by Crippen LogP contribution is -2.16. The highest BCUT2D eigenvalue weighted by Gasteiger charge is 2.15. The van der Waals surface area contributed by atoms with Gasteiger partial charge < -0.3 is 5.32 Å². The van der Waals surface area contributed by atoms with Crippen LogP contribution in [0.3, 0.4) is 0 Å². The number of likely N-dealkylation sites (N-methyl/N-ethyl adjacent to an activating group) is 1. The highest BCUT2D eigenvalue weighted by atomic mass is 14.8. The molecule has 1 aliphatic rings. The second kappa shape index (κ2) is 6.23. The molecule has 0 aliphatic heterocycles. The second-order valence-corrected chi connectivity index (χ2v) is 4.81. The molecule has 1 saturated carbocycles. The summed E-state index contributed by atoms with van der Waals surface area (Å²) in [6.45, 7) is 8.94. The molecule has 0 bridgehead atoms. The fourth-order valence-corrected chi connectivity index (χ4v) is 2.24. The maximum atomic E-state index is 3.38. The first kappa shape index (κ1) is 11.8. The Balaban J connectivity index is 2.27. The van der Waals surface area contributed by atoms with Gasteiger partial charge in [-0.05, 0) is 38.1 Å². The first-order valence-electron chi connectivity index (χ1n) is 6.10. The average molecular weight is 195 g/mol. The van der Waals surface area contributed by atoms with Gasteiger partial charge in [0.2, 0.25) is 0 Å². The van der Waals surface area contributed by atoms with Gasteiger partial charge in [0.15, 0.2) is 0 Å². The molecule has 0 aromatic heterocycles. The zero-order valence-corrected chi connectivity index (χ0v) is 9.97. The summed E-state index contributed by atoms with van der Waals surface area (Å²) in [5, 5.41) is 3.38. The minimum Gasteiger partial charge on any atom is -0.313 e. The number of nitrogens with one attached hydrogen (secondary N) is 1. The van der Waals surface area contributed by atoms with Gasteiger partial charge in [-0.15, -0.1) is 0 Å². The second-order valence-electron chi connectivity index (χ2n) is 4.81. The van der Waals surface area contributed by atoms with Crippen molar-refractivity contribution < 1.29 is 0 Å².